The monoisotopic (exact) mass is 126 g/mol. The van der Waals surface area contributed by atoms with Gasteiger partial charge in [0.15, 0.2) is 0 Å². The molecule has 50 valence electrons. The second-order valence-electron chi connectivity index (χ2n) is 3.02. The summed E-state index contributed by atoms with van der Waals surface area (Å²) in [6.45, 7) is 0.666. The molecule has 0 aromatic heterocycles. The van der Waals surface area contributed by atoms with E-state index in [2.05, 4.69) is 0 Å². The summed E-state index contributed by atoms with van der Waals surface area (Å²) in [6.07, 6.45) is 4.35. The van der Waals surface area contributed by atoms with Crippen molar-refractivity contribution in [3.63, 3.8) is 0 Å². The molecule has 2 heteroatoms. The van der Waals surface area contributed by atoms with Crippen molar-refractivity contribution < 1.29 is 9.53 Å². The van der Waals surface area contributed by atoms with Crippen LogP contribution in [0.2, 0.25) is 0 Å². The first kappa shape index (κ1) is 5.27. The minimum atomic E-state index is 0.0139. The van der Waals surface area contributed by atoms with Gasteiger partial charge in [0, 0.05) is 0 Å². The van der Waals surface area contributed by atoms with E-state index in [1.807, 2.05) is 0 Å². The smallest absolute Gasteiger partial charge is 0.312 e. The van der Waals surface area contributed by atoms with Gasteiger partial charge >= 0.3 is 5.97 Å². The molecule has 2 nitrogen and oxygen atoms in total. The van der Waals surface area contributed by atoms with Crippen LogP contribution in [-0.4, -0.2) is 12.6 Å². The quantitative estimate of drug-likeness (QED) is 0.454. The molecular weight excluding hydrogens is 116 g/mol. The zero-order chi connectivity index (χ0) is 6.32. The summed E-state index contributed by atoms with van der Waals surface area (Å²) >= 11 is 0. The molecule has 0 unspecified atom stereocenters. The molecule has 0 bridgehead atoms. The highest BCUT2D eigenvalue weighted by atomic mass is 16.5. The Morgan fingerprint density at radius 2 is 2.11 bits per heavy atom. The van der Waals surface area contributed by atoms with Crippen molar-refractivity contribution in [2.75, 3.05) is 6.61 Å². The van der Waals surface area contributed by atoms with E-state index in [1.165, 1.54) is 6.42 Å². The Bertz CT molecular complexity index is 147. The Hall–Kier alpha value is -0.530. The van der Waals surface area contributed by atoms with Crippen molar-refractivity contribution in [2.24, 2.45) is 5.41 Å². The Morgan fingerprint density at radius 3 is 2.33 bits per heavy atom. The molecule has 9 heavy (non-hydrogen) atoms. The van der Waals surface area contributed by atoms with E-state index in [0.717, 1.165) is 19.3 Å². The number of ether oxygens (including phenoxy) is 1. The van der Waals surface area contributed by atoms with Crippen LogP contribution in [0.3, 0.4) is 0 Å². The molecule has 1 heterocycles. The molecule has 1 saturated heterocycles. The molecule has 0 aromatic carbocycles. The Morgan fingerprint density at radius 1 is 1.33 bits per heavy atom. The summed E-state index contributed by atoms with van der Waals surface area (Å²) in [5.41, 5.74) is 0.0139. The molecule has 0 atom stereocenters. The number of hydrogen-bond acceptors (Lipinski definition) is 2. The first-order valence-electron chi connectivity index (χ1n) is 3.51. The van der Waals surface area contributed by atoms with Gasteiger partial charge in [-0.05, 0) is 19.3 Å². The number of esters is 1. The van der Waals surface area contributed by atoms with Crippen LogP contribution in [0.5, 0.6) is 0 Å². The van der Waals surface area contributed by atoms with Gasteiger partial charge in [0.1, 0.15) is 0 Å². The maximum absolute atomic E-state index is 11.0. The van der Waals surface area contributed by atoms with Crippen molar-refractivity contribution in [1.29, 1.82) is 0 Å². The van der Waals surface area contributed by atoms with Gasteiger partial charge in [-0.1, -0.05) is 6.42 Å². The maximum Gasteiger partial charge on any atom is 0.312 e. The summed E-state index contributed by atoms with van der Waals surface area (Å²) in [6, 6.07) is 0. The summed E-state index contributed by atoms with van der Waals surface area (Å²) in [5, 5.41) is 0. The molecule has 1 spiro atoms. The Labute approximate surface area is 54.2 Å². The van der Waals surface area contributed by atoms with Crippen molar-refractivity contribution in [1.82, 2.24) is 0 Å². The summed E-state index contributed by atoms with van der Waals surface area (Å²) < 4.78 is 4.87. The van der Waals surface area contributed by atoms with Crippen LogP contribution >= 0.6 is 0 Å². The highest BCUT2D eigenvalue weighted by molar-refractivity contribution is 5.79. The van der Waals surface area contributed by atoms with Gasteiger partial charge in [-0.25, -0.2) is 0 Å². The van der Waals surface area contributed by atoms with Crippen LogP contribution in [0.4, 0.5) is 0 Å². The molecule has 0 aromatic rings. The summed E-state index contributed by atoms with van der Waals surface area (Å²) in [4.78, 5) is 11.0. The average molecular weight is 126 g/mol. The average Bonchev–Trinajstić information content (AvgIpc) is 2.07. The Kier molecular flexibility index (Phi) is 0.875. The van der Waals surface area contributed by atoms with Crippen LogP contribution < -0.4 is 0 Å². The van der Waals surface area contributed by atoms with E-state index < -0.39 is 0 Å². The molecule has 2 aliphatic rings. The fraction of sp³-hybridized carbons (Fsp3) is 0.857. The van der Waals surface area contributed by atoms with Crippen LogP contribution in [0.15, 0.2) is 0 Å². The lowest BCUT2D eigenvalue weighted by Crippen LogP contribution is -2.33. The zero-order valence-corrected chi connectivity index (χ0v) is 5.35. The van der Waals surface area contributed by atoms with Crippen molar-refractivity contribution >= 4 is 5.97 Å². The SMILES string of the molecule is O=C1OCCC12CCC2. The van der Waals surface area contributed by atoms with Crippen LogP contribution in [-0.2, 0) is 9.53 Å². The van der Waals surface area contributed by atoms with Gasteiger partial charge in [0.2, 0.25) is 0 Å². The predicted molar refractivity (Wildman–Crippen MR) is 31.9 cm³/mol. The second-order valence-corrected chi connectivity index (χ2v) is 3.02. The molecule has 2 rings (SSSR count). The molecule has 0 radical (unpaired) electrons. The third kappa shape index (κ3) is 0.533. The van der Waals surface area contributed by atoms with Crippen molar-refractivity contribution in [3.05, 3.63) is 0 Å². The second kappa shape index (κ2) is 1.49. The van der Waals surface area contributed by atoms with Gasteiger partial charge in [0.25, 0.3) is 0 Å². The van der Waals surface area contributed by atoms with E-state index in [9.17, 15) is 4.79 Å². The molecular formula is C7H10O2. The van der Waals surface area contributed by atoms with Gasteiger partial charge in [-0.2, -0.15) is 0 Å². The van der Waals surface area contributed by atoms with E-state index in [0.29, 0.717) is 6.61 Å². The molecule has 2 fully saturated rings. The van der Waals surface area contributed by atoms with Crippen LogP contribution in [0.1, 0.15) is 25.7 Å². The van der Waals surface area contributed by atoms with Crippen LogP contribution in [0.25, 0.3) is 0 Å². The lowest BCUT2D eigenvalue weighted by molar-refractivity contribution is -0.150. The minimum absolute atomic E-state index is 0.0139. The molecule has 1 saturated carbocycles. The molecule has 1 aliphatic carbocycles. The lowest BCUT2D eigenvalue weighted by atomic mass is 9.68. The highest BCUT2D eigenvalue weighted by Gasteiger charge is 2.48. The standard InChI is InChI=1S/C7H10O2/c8-6-7(2-1-3-7)4-5-9-6/h1-5H2. The first-order valence-corrected chi connectivity index (χ1v) is 3.51. The van der Waals surface area contributed by atoms with Gasteiger partial charge in [-0.3, -0.25) is 4.79 Å². The zero-order valence-electron chi connectivity index (χ0n) is 5.35. The van der Waals surface area contributed by atoms with E-state index in [-0.39, 0.29) is 11.4 Å². The topological polar surface area (TPSA) is 26.3 Å². The lowest BCUT2D eigenvalue weighted by Gasteiger charge is -2.33. The summed E-state index contributed by atoms with van der Waals surface area (Å²) in [7, 11) is 0. The van der Waals surface area contributed by atoms with E-state index in [1.54, 1.807) is 0 Å². The molecule has 1 aliphatic heterocycles. The first-order chi connectivity index (χ1) is 4.33. The van der Waals surface area contributed by atoms with E-state index >= 15 is 0 Å². The normalized spacial score (nSPS) is 30.0. The number of carbonyl (C=O) groups excluding carboxylic acids is 1. The molecule has 0 N–H and O–H groups in total. The number of cyclic esters (lactones) is 1. The van der Waals surface area contributed by atoms with E-state index in [4.69, 9.17) is 4.74 Å². The number of carbonyl (C=O) groups is 1. The third-order valence-corrected chi connectivity index (χ3v) is 2.56. The fourth-order valence-corrected chi connectivity index (χ4v) is 1.65. The summed E-state index contributed by atoms with van der Waals surface area (Å²) in [5.74, 6) is 0.0637. The fourth-order valence-electron chi connectivity index (χ4n) is 1.65. The maximum atomic E-state index is 11.0. The van der Waals surface area contributed by atoms with Crippen LogP contribution in [0, 0.1) is 5.41 Å². The number of hydrogen-bond donors (Lipinski definition) is 0. The highest BCUT2D eigenvalue weighted by Crippen LogP contribution is 2.47. The van der Waals surface area contributed by atoms with Gasteiger partial charge < -0.3 is 4.74 Å². The van der Waals surface area contributed by atoms with Crippen molar-refractivity contribution in [2.45, 2.75) is 25.7 Å². The predicted octanol–water partition coefficient (Wildman–Crippen LogP) is 1.10. The minimum Gasteiger partial charge on any atom is -0.465 e. The third-order valence-electron chi connectivity index (χ3n) is 2.56. The van der Waals surface area contributed by atoms with Gasteiger partial charge in [-0.15, -0.1) is 0 Å². The van der Waals surface area contributed by atoms with Gasteiger partial charge in [0.05, 0.1) is 12.0 Å². The number of rotatable bonds is 0. The molecule has 0 amide bonds. The van der Waals surface area contributed by atoms with Crippen molar-refractivity contribution in [3.8, 4) is 0 Å². The largest absolute Gasteiger partial charge is 0.465 e. The Balaban J connectivity index is 2.17.